The van der Waals surface area contributed by atoms with E-state index in [0.29, 0.717) is 12.4 Å². The van der Waals surface area contributed by atoms with Crippen molar-refractivity contribution in [1.82, 2.24) is 14.9 Å². The highest BCUT2D eigenvalue weighted by Gasteiger charge is 2.19. The molecule has 0 saturated carbocycles. The third kappa shape index (κ3) is 2.51. The quantitative estimate of drug-likeness (QED) is 0.872. The summed E-state index contributed by atoms with van der Waals surface area (Å²) < 4.78 is 6.83. The minimum Gasteiger partial charge on any atom is -0.377 e. The Labute approximate surface area is 119 Å². The Balaban J connectivity index is 1.98. The van der Waals surface area contributed by atoms with Crippen LogP contribution in [-0.2, 0) is 11.3 Å². The van der Waals surface area contributed by atoms with Crippen LogP contribution >= 0.6 is 23.4 Å². The summed E-state index contributed by atoms with van der Waals surface area (Å²) in [7, 11) is 1.63. The predicted molar refractivity (Wildman–Crippen MR) is 74.8 cm³/mol. The van der Waals surface area contributed by atoms with Crippen molar-refractivity contribution >= 4 is 29.1 Å². The van der Waals surface area contributed by atoms with E-state index < -0.39 is 0 Å². The molecule has 0 N–H and O–H groups in total. The Morgan fingerprint density at radius 3 is 2.84 bits per heavy atom. The van der Waals surface area contributed by atoms with Crippen molar-refractivity contribution < 1.29 is 4.74 Å². The summed E-state index contributed by atoms with van der Waals surface area (Å²) in [4.78, 5) is 0. The number of thioether (sulfide) groups is 1. The molecule has 0 bridgehead atoms. The van der Waals surface area contributed by atoms with Crippen LogP contribution in [0.25, 0.3) is 0 Å². The van der Waals surface area contributed by atoms with Crippen molar-refractivity contribution in [3.05, 3.63) is 40.7 Å². The lowest BCUT2D eigenvalue weighted by molar-refractivity contribution is 0.174. The molecular weight excluding hydrogens is 284 g/mol. The van der Waals surface area contributed by atoms with Gasteiger partial charge in [0.2, 0.25) is 5.16 Å². The van der Waals surface area contributed by atoms with Crippen LogP contribution in [-0.4, -0.2) is 33.4 Å². The number of methoxy groups -OCH3 is 1. The molecular formula is C12H11ClN4OS. The number of aromatic nitrogens is 3. The summed E-state index contributed by atoms with van der Waals surface area (Å²) in [5, 5.41) is 14.3. The van der Waals surface area contributed by atoms with E-state index in [9.17, 15) is 0 Å². The molecule has 2 heterocycles. The van der Waals surface area contributed by atoms with Gasteiger partial charge in [-0.25, -0.2) is 0 Å². The van der Waals surface area contributed by atoms with Gasteiger partial charge >= 0.3 is 0 Å². The highest BCUT2D eigenvalue weighted by Crippen LogP contribution is 2.24. The highest BCUT2D eigenvalue weighted by molar-refractivity contribution is 7.99. The second-order valence-electron chi connectivity index (χ2n) is 3.99. The summed E-state index contributed by atoms with van der Waals surface area (Å²) in [6.07, 6.45) is 0. The number of fused-ring (bicyclic) bond motifs is 1. The number of halogens is 1. The fraction of sp³-hybridized carbons (Fsp3) is 0.250. The molecule has 0 atom stereocenters. The van der Waals surface area contributed by atoms with Gasteiger partial charge in [0.25, 0.3) is 0 Å². The van der Waals surface area contributed by atoms with Gasteiger partial charge in [-0.15, -0.1) is 10.2 Å². The number of nitrogens with zero attached hydrogens (tertiary/aromatic N) is 4. The van der Waals surface area contributed by atoms with Gasteiger partial charge in [-0.1, -0.05) is 35.5 Å². The van der Waals surface area contributed by atoms with E-state index in [1.807, 2.05) is 24.3 Å². The highest BCUT2D eigenvalue weighted by atomic mass is 35.5. The molecule has 98 valence electrons. The van der Waals surface area contributed by atoms with Gasteiger partial charge in [0.05, 0.1) is 5.71 Å². The summed E-state index contributed by atoms with van der Waals surface area (Å²) in [5.41, 5.74) is 2.03. The van der Waals surface area contributed by atoms with Gasteiger partial charge in [0.1, 0.15) is 6.61 Å². The van der Waals surface area contributed by atoms with Crippen molar-refractivity contribution in [3.63, 3.8) is 0 Å². The molecule has 0 saturated heterocycles. The summed E-state index contributed by atoms with van der Waals surface area (Å²) in [5.74, 6) is 1.48. The van der Waals surface area contributed by atoms with Crippen LogP contribution in [0.1, 0.15) is 11.4 Å². The van der Waals surface area contributed by atoms with Crippen LogP contribution in [0.2, 0.25) is 5.02 Å². The van der Waals surface area contributed by atoms with E-state index in [2.05, 4.69) is 15.3 Å². The van der Waals surface area contributed by atoms with Crippen LogP contribution in [0.4, 0.5) is 0 Å². The molecule has 0 aliphatic carbocycles. The standard InChI is InChI=1S/C12H11ClN4OS/c1-18-6-11-14-15-12-17(11)16-10(7-19-12)8-2-4-9(13)5-3-8/h2-5H,6-7H2,1H3. The normalized spacial score (nSPS) is 14.1. The lowest BCUT2D eigenvalue weighted by Crippen LogP contribution is -2.14. The average Bonchev–Trinajstić information content (AvgIpc) is 2.83. The SMILES string of the molecule is COCc1nnc2n1N=C(c1ccc(Cl)cc1)CS2. The average molecular weight is 295 g/mol. The van der Waals surface area contributed by atoms with Crippen LogP contribution < -0.4 is 0 Å². The van der Waals surface area contributed by atoms with Gasteiger partial charge in [0, 0.05) is 17.9 Å². The first-order valence-electron chi connectivity index (χ1n) is 5.68. The Bertz CT molecular complexity index is 623. The molecule has 19 heavy (non-hydrogen) atoms. The van der Waals surface area contributed by atoms with Crippen LogP contribution in [0, 0.1) is 0 Å². The van der Waals surface area contributed by atoms with E-state index >= 15 is 0 Å². The number of rotatable bonds is 3. The minimum absolute atomic E-state index is 0.394. The van der Waals surface area contributed by atoms with Crippen LogP contribution in [0.15, 0.2) is 34.5 Å². The maximum atomic E-state index is 5.89. The van der Waals surface area contributed by atoms with Crippen molar-refractivity contribution in [2.45, 2.75) is 11.8 Å². The van der Waals surface area contributed by atoms with Crippen LogP contribution in [0.5, 0.6) is 0 Å². The summed E-state index contributed by atoms with van der Waals surface area (Å²) in [6.45, 7) is 0.394. The molecule has 0 fully saturated rings. The summed E-state index contributed by atoms with van der Waals surface area (Å²) in [6, 6.07) is 7.66. The molecule has 1 aromatic heterocycles. The zero-order chi connectivity index (χ0) is 13.2. The van der Waals surface area contributed by atoms with E-state index in [4.69, 9.17) is 16.3 Å². The maximum absolute atomic E-state index is 5.89. The molecule has 2 aromatic rings. The topological polar surface area (TPSA) is 52.3 Å². The molecule has 1 aliphatic rings. The molecule has 0 unspecified atom stereocenters. The Morgan fingerprint density at radius 2 is 2.11 bits per heavy atom. The number of hydrogen-bond donors (Lipinski definition) is 0. The van der Waals surface area contributed by atoms with E-state index in [1.54, 1.807) is 23.5 Å². The number of benzene rings is 1. The van der Waals surface area contributed by atoms with Crippen molar-refractivity contribution in [3.8, 4) is 0 Å². The van der Waals surface area contributed by atoms with E-state index in [1.165, 1.54) is 0 Å². The Kier molecular flexibility index (Phi) is 3.54. The number of ether oxygens (including phenoxy) is 1. The lowest BCUT2D eigenvalue weighted by atomic mass is 10.1. The first-order valence-corrected chi connectivity index (χ1v) is 7.04. The lowest BCUT2D eigenvalue weighted by Gasteiger charge is -2.13. The van der Waals surface area contributed by atoms with Gasteiger partial charge in [-0.05, 0) is 17.7 Å². The van der Waals surface area contributed by atoms with E-state index in [0.717, 1.165) is 27.2 Å². The van der Waals surface area contributed by atoms with Crippen molar-refractivity contribution in [2.24, 2.45) is 5.10 Å². The molecule has 1 aliphatic heterocycles. The molecule has 0 spiro atoms. The van der Waals surface area contributed by atoms with Crippen molar-refractivity contribution in [1.29, 1.82) is 0 Å². The fourth-order valence-electron chi connectivity index (χ4n) is 1.77. The Morgan fingerprint density at radius 1 is 1.32 bits per heavy atom. The molecule has 0 amide bonds. The number of hydrogen-bond acceptors (Lipinski definition) is 5. The zero-order valence-electron chi connectivity index (χ0n) is 10.2. The Hall–Kier alpha value is -1.37. The first kappa shape index (κ1) is 12.7. The van der Waals surface area contributed by atoms with Gasteiger partial charge < -0.3 is 4.74 Å². The third-order valence-corrected chi connectivity index (χ3v) is 3.87. The van der Waals surface area contributed by atoms with Gasteiger partial charge in [-0.3, -0.25) is 0 Å². The van der Waals surface area contributed by atoms with E-state index in [-0.39, 0.29) is 0 Å². The molecule has 7 heteroatoms. The molecule has 3 rings (SSSR count). The largest absolute Gasteiger partial charge is 0.377 e. The maximum Gasteiger partial charge on any atom is 0.212 e. The predicted octanol–water partition coefficient (Wildman–Crippen LogP) is 2.44. The molecule has 5 nitrogen and oxygen atoms in total. The van der Waals surface area contributed by atoms with Gasteiger partial charge in [-0.2, -0.15) is 9.78 Å². The first-order chi connectivity index (χ1) is 9.28. The van der Waals surface area contributed by atoms with Crippen LogP contribution in [0.3, 0.4) is 0 Å². The third-order valence-electron chi connectivity index (χ3n) is 2.69. The fourth-order valence-corrected chi connectivity index (χ4v) is 2.75. The van der Waals surface area contributed by atoms with Crippen molar-refractivity contribution in [2.75, 3.05) is 12.9 Å². The molecule has 1 aromatic carbocycles. The second-order valence-corrected chi connectivity index (χ2v) is 5.36. The van der Waals surface area contributed by atoms with Gasteiger partial charge in [0.15, 0.2) is 5.82 Å². The molecule has 0 radical (unpaired) electrons. The second kappa shape index (κ2) is 5.32. The smallest absolute Gasteiger partial charge is 0.212 e. The monoisotopic (exact) mass is 294 g/mol. The summed E-state index contributed by atoms with van der Waals surface area (Å²) >= 11 is 7.51. The minimum atomic E-state index is 0.394. The zero-order valence-corrected chi connectivity index (χ0v) is 11.8.